The molecule has 0 aliphatic carbocycles. The van der Waals surface area contributed by atoms with Gasteiger partial charge in [0.25, 0.3) is 0 Å². The van der Waals surface area contributed by atoms with Crippen LogP contribution in [0.4, 0.5) is 0 Å². The summed E-state index contributed by atoms with van der Waals surface area (Å²) < 4.78 is 14.6. The van der Waals surface area contributed by atoms with Crippen LogP contribution < -0.4 is 5.73 Å². The molecule has 0 saturated heterocycles. The molecule has 0 radical (unpaired) electrons. The van der Waals surface area contributed by atoms with Crippen molar-refractivity contribution in [3.8, 4) is 11.5 Å². The van der Waals surface area contributed by atoms with Gasteiger partial charge in [0.2, 0.25) is 0 Å². The molecule has 0 aromatic heterocycles. The van der Waals surface area contributed by atoms with E-state index in [2.05, 4.69) is 2.81 Å². The fourth-order valence-corrected chi connectivity index (χ4v) is 1.95. The molecule has 86 valence electrons. The average Bonchev–Trinajstić information content (AvgIpc) is 2.24. The van der Waals surface area contributed by atoms with Crippen LogP contribution in [0.1, 0.15) is 5.56 Å². The summed E-state index contributed by atoms with van der Waals surface area (Å²) in [6, 6.07) is 3.22. The summed E-state index contributed by atoms with van der Waals surface area (Å²) in [4.78, 5) is 11.1. The van der Waals surface area contributed by atoms with E-state index in [0.29, 0.717) is 5.56 Å². The van der Waals surface area contributed by atoms with Crippen molar-refractivity contribution < 1.29 is 20.6 Å². The quantitative estimate of drug-likeness (QED) is 0.446. The fraction of sp³-hybridized carbons (Fsp3) is 0.222. The number of hydrogen-bond acceptors (Lipinski definition) is 6. The van der Waals surface area contributed by atoms with Crippen LogP contribution in [0.25, 0.3) is 0 Å². The second-order valence-corrected chi connectivity index (χ2v) is 4.41. The predicted molar refractivity (Wildman–Crippen MR) is 54.0 cm³/mol. The van der Waals surface area contributed by atoms with Gasteiger partial charge in [-0.2, -0.15) is 0 Å². The standard InChI is InChI=1S/C9H11NO4.Bi.O/c10-6(9(13)14)3-5-1-2-7(11)8(12)4-5;;/h1-2,4,6,11-12H,3,10H2,(H,13,14);;/q;+1;/p-1/t6-;;/m0../s1. The Bertz CT molecular complexity index is 409. The third-order valence-corrected chi connectivity index (χ3v) is 2.91. The van der Waals surface area contributed by atoms with Crippen molar-refractivity contribution in [2.75, 3.05) is 0 Å². The number of phenolic OH excluding ortho intramolecular Hbond substituents is 2. The van der Waals surface area contributed by atoms with Crippen LogP contribution in [0.15, 0.2) is 18.2 Å². The third kappa shape index (κ3) is 3.50. The summed E-state index contributed by atoms with van der Waals surface area (Å²) in [6.45, 7) is 0. The molecule has 1 atom stereocenters. The summed E-state index contributed by atoms with van der Waals surface area (Å²) in [7, 11) is 0. The minimum absolute atomic E-state index is 0.147. The molecule has 0 unspecified atom stereocenters. The van der Waals surface area contributed by atoms with Crippen molar-refractivity contribution in [3.05, 3.63) is 23.8 Å². The summed E-state index contributed by atoms with van der Waals surface area (Å²) >= 11 is -2.37. The molecule has 0 aliphatic rings. The molecule has 1 rings (SSSR count). The van der Waals surface area contributed by atoms with Crippen molar-refractivity contribution in [1.82, 2.24) is 0 Å². The Labute approximate surface area is 104 Å². The van der Waals surface area contributed by atoms with Gasteiger partial charge in [0.05, 0.1) is 0 Å². The number of benzene rings is 1. The summed E-state index contributed by atoms with van der Waals surface area (Å²) in [6.07, 6.45) is 0.147. The molecule has 0 fully saturated rings. The minimum atomic E-state index is -2.37. The maximum absolute atomic E-state index is 11.1. The number of carbonyl (C=O) groups excluding carboxylic acids is 1. The van der Waals surface area contributed by atoms with Gasteiger partial charge >= 0.3 is 104 Å². The third-order valence-electron chi connectivity index (χ3n) is 1.93. The van der Waals surface area contributed by atoms with Crippen molar-refractivity contribution in [3.63, 3.8) is 0 Å². The molecular weight excluding hydrogens is 411 g/mol. The zero-order chi connectivity index (χ0) is 12.1. The van der Waals surface area contributed by atoms with Crippen LogP contribution in [0.3, 0.4) is 0 Å². The van der Waals surface area contributed by atoms with E-state index in [0.717, 1.165) is 0 Å². The van der Waals surface area contributed by atoms with Gasteiger partial charge in [0, 0.05) is 0 Å². The number of carbonyl (C=O) groups is 1. The predicted octanol–water partition coefficient (Wildman–Crippen LogP) is -0.525. The number of hydrogen-bond donors (Lipinski definition) is 3. The summed E-state index contributed by atoms with van der Waals surface area (Å²) in [5, 5.41) is 18.3. The van der Waals surface area contributed by atoms with Crippen LogP contribution in [0.2, 0.25) is 0 Å². The molecule has 6 nitrogen and oxygen atoms in total. The van der Waals surface area contributed by atoms with Crippen molar-refractivity contribution >= 4 is 29.6 Å². The van der Waals surface area contributed by atoms with Gasteiger partial charge in [0.15, 0.2) is 0 Å². The zero-order valence-electron chi connectivity index (χ0n) is 8.16. The van der Waals surface area contributed by atoms with E-state index in [4.69, 9.17) is 10.8 Å². The van der Waals surface area contributed by atoms with E-state index in [1.165, 1.54) is 18.2 Å². The molecule has 0 amide bonds. The Hall–Kier alpha value is -1.07. The number of nitrogens with two attached hydrogens (primary N) is 1. The van der Waals surface area contributed by atoms with Crippen LogP contribution in [-0.4, -0.2) is 45.9 Å². The Balaban J connectivity index is 2.69. The normalized spacial score (nSPS) is 11.8. The Kier molecular flexibility index (Phi) is 4.77. The molecule has 7 heteroatoms. The monoisotopic (exact) mass is 421 g/mol. The van der Waals surface area contributed by atoms with E-state index in [-0.39, 0.29) is 17.9 Å². The van der Waals surface area contributed by atoms with E-state index in [1.54, 1.807) is 0 Å². The first-order valence-corrected chi connectivity index (χ1v) is 7.18. The zero-order valence-corrected chi connectivity index (χ0v) is 11.6. The van der Waals surface area contributed by atoms with E-state index in [9.17, 15) is 12.7 Å². The Morgan fingerprint density at radius 3 is 2.69 bits per heavy atom. The molecule has 0 aliphatic heterocycles. The molecule has 0 saturated carbocycles. The summed E-state index contributed by atoms with van der Waals surface area (Å²) in [5.74, 6) is -1.23. The molecule has 0 spiro atoms. The van der Waals surface area contributed by atoms with Crippen LogP contribution in [-0.2, 0) is 16.8 Å². The first kappa shape index (κ1) is 13.0. The van der Waals surface area contributed by atoms with Crippen LogP contribution >= 0.6 is 0 Å². The van der Waals surface area contributed by atoms with E-state index < -0.39 is 35.7 Å². The van der Waals surface area contributed by atoms with Gasteiger partial charge in [-0.1, -0.05) is 0 Å². The van der Waals surface area contributed by atoms with Gasteiger partial charge in [0.1, 0.15) is 0 Å². The van der Waals surface area contributed by atoms with Crippen LogP contribution in [0, 0.1) is 0 Å². The molecule has 1 aromatic rings. The van der Waals surface area contributed by atoms with Gasteiger partial charge < -0.3 is 0 Å². The van der Waals surface area contributed by atoms with Crippen molar-refractivity contribution in [2.45, 2.75) is 12.5 Å². The fourth-order valence-electron chi connectivity index (χ4n) is 1.14. The van der Waals surface area contributed by atoms with E-state index in [1.807, 2.05) is 0 Å². The molecule has 0 bridgehead atoms. The van der Waals surface area contributed by atoms with Crippen LogP contribution in [0.5, 0.6) is 11.5 Å². The Morgan fingerprint density at radius 1 is 1.44 bits per heavy atom. The number of rotatable bonds is 4. The first-order valence-electron chi connectivity index (χ1n) is 4.34. The maximum atomic E-state index is 11.1. The first-order chi connectivity index (χ1) is 7.54. The summed E-state index contributed by atoms with van der Waals surface area (Å²) in [5.41, 5.74) is 6.08. The molecule has 16 heavy (non-hydrogen) atoms. The molecule has 1 aromatic carbocycles. The molecular formula is C9H10BiNO5. The van der Waals surface area contributed by atoms with Gasteiger partial charge in [-0.05, 0) is 0 Å². The van der Waals surface area contributed by atoms with E-state index >= 15 is 0 Å². The van der Waals surface area contributed by atoms with Gasteiger partial charge in [-0.3, -0.25) is 0 Å². The molecule has 4 N–H and O–H groups in total. The number of phenols is 2. The Morgan fingerprint density at radius 2 is 2.12 bits per heavy atom. The van der Waals surface area contributed by atoms with Crippen molar-refractivity contribution in [2.24, 2.45) is 5.73 Å². The topological polar surface area (TPSA) is 110 Å². The van der Waals surface area contributed by atoms with Crippen molar-refractivity contribution in [1.29, 1.82) is 0 Å². The van der Waals surface area contributed by atoms with Gasteiger partial charge in [-0.25, -0.2) is 0 Å². The SMILES string of the molecule is N[C@@H](Cc1ccc(O)c(O)c1)C(=O)[O][Bi]=[O]. The number of aromatic hydroxyl groups is 2. The average molecular weight is 421 g/mol. The van der Waals surface area contributed by atoms with Gasteiger partial charge in [-0.15, -0.1) is 0 Å². The second kappa shape index (κ2) is 5.87. The molecule has 0 heterocycles. The second-order valence-electron chi connectivity index (χ2n) is 3.12.